The summed E-state index contributed by atoms with van der Waals surface area (Å²) in [6.07, 6.45) is 0. The standard InChI is InChI=1S/C10H14IN3/c1-3-14(4-2)13-12-10-7-5-9(11)6-8-10/h5-8H,3-4H2,1-2H3. The van der Waals surface area contributed by atoms with E-state index >= 15 is 0 Å². The normalized spacial score (nSPS) is 10.8. The van der Waals surface area contributed by atoms with Crippen molar-refractivity contribution in [2.45, 2.75) is 13.8 Å². The Hall–Kier alpha value is -0.650. The molecule has 76 valence electrons. The first-order valence-corrected chi connectivity index (χ1v) is 5.76. The van der Waals surface area contributed by atoms with Gasteiger partial charge >= 0.3 is 0 Å². The fourth-order valence-electron chi connectivity index (χ4n) is 0.973. The van der Waals surface area contributed by atoms with E-state index in [9.17, 15) is 0 Å². The number of halogens is 1. The summed E-state index contributed by atoms with van der Waals surface area (Å²) < 4.78 is 1.21. The number of benzene rings is 1. The number of rotatable bonds is 4. The lowest BCUT2D eigenvalue weighted by Crippen LogP contribution is -2.14. The molecule has 0 heterocycles. The molecule has 0 saturated heterocycles. The van der Waals surface area contributed by atoms with Crippen molar-refractivity contribution in [1.29, 1.82) is 0 Å². The van der Waals surface area contributed by atoms with E-state index in [0.29, 0.717) is 0 Å². The minimum atomic E-state index is 0.893. The smallest absolute Gasteiger partial charge is 0.0874 e. The molecular weight excluding hydrogens is 289 g/mol. The van der Waals surface area contributed by atoms with E-state index in [2.05, 4.69) is 46.8 Å². The van der Waals surface area contributed by atoms with Gasteiger partial charge in [-0.2, -0.15) is 0 Å². The molecule has 3 nitrogen and oxygen atoms in total. The number of hydrogen-bond acceptors (Lipinski definition) is 2. The van der Waals surface area contributed by atoms with Gasteiger partial charge in [0, 0.05) is 16.7 Å². The molecule has 0 aliphatic heterocycles. The van der Waals surface area contributed by atoms with E-state index in [1.807, 2.05) is 29.3 Å². The molecule has 0 fully saturated rings. The van der Waals surface area contributed by atoms with Gasteiger partial charge in [0.2, 0.25) is 0 Å². The molecule has 1 aromatic rings. The summed E-state index contributed by atoms with van der Waals surface area (Å²) in [5, 5.41) is 10.2. The summed E-state index contributed by atoms with van der Waals surface area (Å²) in [4.78, 5) is 0. The second-order valence-corrected chi connectivity index (χ2v) is 4.05. The predicted octanol–water partition coefficient (Wildman–Crippen LogP) is 3.63. The molecule has 0 aliphatic carbocycles. The van der Waals surface area contributed by atoms with Crippen LogP contribution in [-0.2, 0) is 0 Å². The SMILES string of the molecule is CCN(CC)N=Nc1ccc(I)cc1. The number of hydrogen-bond donors (Lipinski definition) is 0. The molecule has 0 N–H and O–H groups in total. The zero-order valence-electron chi connectivity index (χ0n) is 8.44. The summed E-state index contributed by atoms with van der Waals surface area (Å²) >= 11 is 2.27. The van der Waals surface area contributed by atoms with Gasteiger partial charge in [-0.1, -0.05) is 5.22 Å². The van der Waals surface area contributed by atoms with Crippen LogP contribution in [0.5, 0.6) is 0 Å². The Labute approximate surface area is 98.3 Å². The number of nitrogens with zero attached hydrogens (tertiary/aromatic N) is 3. The molecule has 0 bridgehead atoms. The van der Waals surface area contributed by atoms with Gasteiger partial charge in [0.05, 0.1) is 5.69 Å². The Morgan fingerprint density at radius 2 is 1.71 bits per heavy atom. The molecule has 0 aromatic heterocycles. The van der Waals surface area contributed by atoms with Crippen LogP contribution in [0, 0.1) is 3.57 Å². The average molecular weight is 303 g/mol. The monoisotopic (exact) mass is 303 g/mol. The zero-order chi connectivity index (χ0) is 10.4. The summed E-state index contributed by atoms with van der Waals surface area (Å²) in [6.45, 7) is 5.92. The maximum atomic E-state index is 4.14. The van der Waals surface area contributed by atoms with Crippen molar-refractivity contribution in [1.82, 2.24) is 5.01 Å². The highest BCUT2D eigenvalue weighted by Gasteiger charge is 1.93. The molecule has 0 spiro atoms. The van der Waals surface area contributed by atoms with E-state index in [4.69, 9.17) is 0 Å². The third-order valence-electron chi connectivity index (χ3n) is 1.84. The van der Waals surface area contributed by atoms with Crippen LogP contribution in [0.2, 0.25) is 0 Å². The summed E-state index contributed by atoms with van der Waals surface area (Å²) in [7, 11) is 0. The van der Waals surface area contributed by atoms with Gasteiger partial charge in [0.15, 0.2) is 0 Å². The van der Waals surface area contributed by atoms with Crippen molar-refractivity contribution < 1.29 is 0 Å². The van der Waals surface area contributed by atoms with Gasteiger partial charge in [-0.15, -0.1) is 5.11 Å². The van der Waals surface area contributed by atoms with Crippen molar-refractivity contribution in [3.63, 3.8) is 0 Å². The van der Waals surface area contributed by atoms with E-state index in [-0.39, 0.29) is 0 Å². The van der Waals surface area contributed by atoms with Crippen molar-refractivity contribution in [3.05, 3.63) is 27.8 Å². The molecule has 0 aliphatic rings. The molecule has 0 saturated carbocycles. The second kappa shape index (κ2) is 5.95. The van der Waals surface area contributed by atoms with Crippen molar-refractivity contribution in [2.75, 3.05) is 13.1 Å². The Morgan fingerprint density at radius 1 is 1.14 bits per heavy atom. The Morgan fingerprint density at radius 3 is 2.21 bits per heavy atom. The quantitative estimate of drug-likeness (QED) is 0.474. The lowest BCUT2D eigenvalue weighted by atomic mass is 10.3. The molecule has 1 rings (SSSR count). The fraction of sp³-hybridized carbons (Fsp3) is 0.400. The highest BCUT2D eigenvalue weighted by molar-refractivity contribution is 14.1. The van der Waals surface area contributed by atoms with Gasteiger partial charge in [-0.3, -0.25) is 5.01 Å². The second-order valence-electron chi connectivity index (χ2n) is 2.80. The van der Waals surface area contributed by atoms with Gasteiger partial charge in [-0.25, -0.2) is 0 Å². The lowest BCUT2D eigenvalue weighted by molar-refractivity contribution is 0.301. The molecule has 0 amide bonds. The highest BCUT2D eigenvalue weighted by Crippen LogP contribution is 2.14. The van der Waals surface area contributed by atoms with Gasteiger partial charge in [0.1, 0.15) is 0 Å². The predicted molar refractivity (Wildman–Crippen MR) is 66.6 cm³/mol. The summed E-state index contributed by atoms with van der Waals surface area (Å²) in [5.41, 5.74) is 0.900. The molecule has 4 heteroatoms. The average Bonchev–Trinajstić information content (AvgIpc) is 2.22. The lowest BCUT2D eigenvalue weighted by Gasteiger charge is -2.10. The first-order chi connectivity index (χ1) is 6.76. The Bertz CT molecular complexity index is 291. The van der Waals surface area contributed by atoms with Crippen LogP contribution in [0.15, 0.2) is 34.6 Å². The van der Waals surface area contributed by atoms with Crippen LogP contribution in [0.4, 0.5) is 5.69 Å². The highest BCUT2D eigenvalue weighted by atomic mass is 127. The summed E-state index contributed by atoms with van der Waals surface area (Å²) in [5.74, 6) is 0. The van der Waals surface area contributed by atoms with Crippen molar-refractivity contribution in [3.8, 4) is 0 Å². The Kier molecular flexibility index (Phi) is 4.86. The molecule has 14 heavy (non-hydrogen) atoms. The third kappa shape index (κ3) is 3.61. The van der Waals surface area contributed by atoms with E-state index < -0.39 is 0 Å². The first kappa shape index (κ1) is 11.4. The molecule has 0 atom stereocenters. The maximum absolute atomic E-state index is 4.14. The van der Waals surface area contributed by atoms with Crippen LogP contribution < -0.4 is 0 Å². The van der Waals surface area contributed by atoms with Crippen LogP contribution in [0.3, 0.4) is 0 Å². The van der Waals surface area contributed by atoms with Crippen molar-refractivity contribution in [2.24, 2.45) is 10.3 Å². The molecule has 1 aromatic carbocycles. The molecular formula is C10H14IN3. The third-order valence-corrected chi connectivity index (χ3v) is 2.56. The minimum absolute atomic E-state index is 0.893. The van der Waals surface area contributed by atoms with E-state index in [0.717, 1.165) is 18.8 Å². The maximum Gasteiger partial charge on any atom is 0.0874 e. The Balaban J connectivity index is 2.63. The van der Waals surface area contributed by atoms with E-state index in [1.165, 1.54) is 3.57 Å². The van der Waals surface area contributed by atoms with E-state index in [1.54, 1.807) is 0 Å². The van der Waals surface area contributed by atoms with Gasteiger partial charge in [0.25, 0.3) is 0 Å². The van der Waals surface area contributed by atoms with Crippen LogP contribution in [-0.4, -0.2) is 18.1 Å². The van der Waals surface area contributed by atoms with Gasteiger partial charge < -0.3 is 0 Å². The largest absolute Gasteiger partial charge is 0.279 e. The minimum Gasteiger partial charge on any atom is -0.279 e. The van der Waals surface area contributed by atoms with Crippen LogP contribution >= 0.6 is 22.6 Å². The summed E-state index contributed by atoms with van der Waals surface area (Å²) in [6, 6.07) is 7.98. The zero-order valence-corrected chi connectivity index (χ0v) is 10.6. The van der Waals surface area contributed by atoms with Crippen LogP contribution in [0.1, 0.15) is 13.8 Å². The fourth-order valence-corrected chi connectivity index (χ4v) is 1.33. The first-order valence-electron chi connectivity index (χ1n) is 4.68. The van der Waals surface area contributed by atoms with Gasteiger partial charge in [-0.05, 0) is 60.7 Å². The van der Waals surface area contributed by atoms with Crippen LogP contribution in [0.25, 0.3) is 0 Å². The van der Waals surface area contributed by atoms with Crippen molar-refractivity contribution >= 4 is 28.3 Å². The molecule has 0 radical (unpaired) electrons. The topological polar surface area (TPSA) is 28.0 Å². The molecule has 0 unspecified atom stereocenters.